The molecule has 0 saturated heterocycles. The van der Waals surface area contributed by atoms with Crippen molar-refractivity contribution in [2.45, 2.75) is 52.3 Å². The van der Waals surface area contributed by atoms with Crippen molar-refractivity contribution in [3.8, 4) is 22.6 Å². The summed E-state index contributed by atoms with van der Waals surface area (Å²) in [5.74, 6) is -0.974. The van der Waals surface area contributed by atoms with Gasteiger partial charge in [-0.05, 0) is 32.9 Å². The Morgan fingerprint density at radius 1 is 1.26 bits per heavy atom. The van der Waals surface area contributed by atoms with Gasteiger partial charge in [-0.1, -0.05) is 22.8 Å². The maximum Gasteiger partial charge on any atom is 0.433 e. The molecule has 1 aromatic carbocycles. The van der Waals surface area contributed by atoms with Crippen molar-refractivity contribution < 1.29 is 31.9 Å². The molecule has 0 aliphatic heterocycles. The monoisotopic (exact) mass is 461 g/mol. The number of ether oxygens (including phenoxy) is 1. The summed E-state index contributed by atoms with van der Waals surface area (Å²) in [6, 6.07) is 3.99. The first-order valence-electron chi connectivity index (χ1n) is 9.36. The highest BCUT2D eigenvalue weighted by atomic mass is 35.5. The van der Waals surface area contributed by atoms with E-state index in [1.807, 2.05) is 0 Å². The van der Waals surface area contributed by atoms with E-state index in [4.69, 9.17) is 20.9 Å². The minimum atomic E-state index is -4.81. The molecule has 6 nitrogen and oxygen atoms in total. The van der Waals surface area contributed by atoms with Gasteiger partial charge in [0.15, 0.2) is 11.5 Å². The lowest BCUT2D eigenvalue weighted by Crippen LogP contribution is -2.21. The molecule has 2 aromatic heterocycles. The molecule has 168 valence electrons. The molecule has 1 N–H and O–H groups in total. The summed E-state index contributed by atoms with van der Waals surface area (Å²) in [7, 11) is 0. The van der Waals surface area contributed by atoms with Crippen LogP contribution in [0.3, 0.4) is 0 Å². The van der Waals surface area contributed by atoms with Crippen LogP contribution in [0.2, 0.25) is 5.02 Å². The molecular formula is C20H20ClF4N3O3. The average Bonchev–Trinajstić information content (AvgIpc) is 3.23. The van der Waals surface area contributed by atoms with E-state index in [1.54, 1.807) is 13.8 Å². The van der Waals surface area contributed by atoms with Gasteiger partial charge in [-0.15, -0.1) is 0 Å². The fourth-order valence-corrected chi connectivity index (χ4v) is 3.32. The summed E-state index contributed by atoms with van der Waals surface area (Å²) in [6.07, 6.45) is -5.18. The van der Waals surface area contributed by atoms with Crippen LogP contribution in [0, 0.1) is 5.82 Å². The topological polar surface area (TPSA) is 73.3 Å². The van der Waals surface area contributed by atoms with E-state index in [0.717, 1.165) is 12.3 Å². The van der Waals surface area contributed by atoms with Gasteiger partial charge in [0.25, 0.3) is 0 Å². The second-order valence-corrected chi connectivity index (χ2v) is 7.64. The van der Waals surface area contributed by atoms with E-state index in [2.05, 4.69) is 10.3 Å². The van der Waals surface area contributed by atoms with E-state index in [0.29, 0.717) is 4.68 Å². The highest BCUT2D eigenvalue weighted by Gasteiger charge is 2.41. The predicted molar refractivity (Wildman–Crippen MR) is 105 cm³/mol. The van der Waals surface area contributed by atoms with Crippen molar-refractivity contribution in [3.63, 3.8) is 0 Å². The molecule has 0 bridgehead atoms. The van der Waals surface area contributed by atoms with Gasteiger partial charge in [0.1, 0.15) is 11.5 Å². The predicted octanol–water partition coefficient (Wildman–Crippen LogP) is 5.32. The summed E-state index contributed by atoms with van der Waals surface area (Å²) in [5, 5.41) is 17.2. The molecule has 2 heterocycles. The van der Waals surface area contributed by atoms with Crippen LogP contribution in [0.4, 0.5) is 17.6 Å². The largest absolute Gasteiger partial charge is 0.433 e. The lowest BCUT2D eigenvalue weighted by Gasteiger charge is -2.14. The highest BCUT2D eigenvalue weighted by Crippen LogP contribution is 2.42. The van der Waals surface area contributed by atoms with Crippen LogP contribution in [0.15, 0.2) is 28.9 Å². The van der Waals surface area contributed by atoms with Crippen LogP contribution < -0.4 is 0 Å². The standard InChI is InChI=1S/C20H20ClF4N3O3/c1-10(2)30-9-13-17(16-14(21)5-4-6-15(16)22)27-31-18(13)12-7-26-28(8-11(3)29)19(12)20(23,24)25/h4-7,10-11,29H,8-9H2,1-3H3/t11-/m1/s1. The number of aromatic nitrogens is 3. The first-order chi connectivity index (χ1) is 14.5. The third kappa shape index (κ3) is 4.91. The third-order valence-corrected chi connectivity index (χ3v) is 4.65. The molecule has 0 amide bonds. The Bertz CT molecular complexity index is 1040. The normalized spacial score (nSPS) is 13.2. The second-order valence-electron chi connectivity index (χ2n) is 7.23. The first-order valence-corrected chi connectivity index (χ1v) is 9.74. The number of aliphatic hydroxyl groups is 1. The van der Waals surface area contributed by atoms with Crippen molar-refractivity contribution in [3.05, 3.63) is 46.5 Å². The van der Waals surface area contributed by atoms with Crippen molar-refractivity contribution in [1.29, 1.82) is 0 Å². The Hall–Kier alpha value is -2.43. The summed E-state index contributed by atoms with van der Waals surface area (Å²) in [4.78, 5) is 0. The molecule has 31 heavy (non-hydrogen) atoms. The van der Waals surface area contributed by atoms with Gasteiger partial charge >= 0.3 is 6.18 Å². The summed E-state index contributed by atoms with van der Waals surface area (Å²) in [5.41, 5.74) is -1.59. The van der Waals surface area contributed by atoms with Gasteiger partial charge in [-0.2, -0.15) is 18.3 Å². The zero-order chi connectivity index (χ0) is 22.9. The molecule has 0 saturated carbocycles. The zero-order valence-electron chi connectivity index (χ0n) is 16.9. The van der Waals surface area contributed by atoms with Gasteiger partial charge in [0.05, 0.1) is 53.3 Å². The summed E-state index contributed by atoms with van der Waals surface area (Å²) in [6.45, 7) is 4.24. The van der Waals surface area contributed by atoms with E-state index in [9.17, 15) is 22.7 Å². The number of alkyl halides is 3. The number of nitrogens with zero attached hydrogens (tertiary/aromatic N) is 3. The minimum absolute atomic E-state index is 0.0199. The van der Waals surface area contributed by atoms with E-state index < -0.39 is 29.4 Å². The van der Waals surface area contributed by atoms with Crippen molar-refractivity contribution in [2.75, 3.05) is 0 Å². The number of benzene rings is 1. The van der Waals surface area contributed by atoms with Crippen molar-refractivity contribution >= 4 is 11.6 Å². The Kier molecular flexibility index (Phi) is 6.73. The molecule has 3 aromatic rings. The number of hydrogen-bond donors (Lipinski definition) is 1. The molecule has 0 spiro atoms. The van der Waals surface area contributed by atoms with Gasteiger partial charge in [-0.25, -0.2) is 4.39 Å². The highest BCUT2D eigenvalue weighted by molar-refractivity contribution is 6.33. The zero-order valence-corrected chi connectivity index (χ0v) is 17.6. The summed E-state index contributed by atoms with van der Waals surface area (Å²) < 4.78 is 67.6. The van der Waals surface area contributed by atoms with Crippen LogP contribution in [0.25, 0.3) is 22.6 Å². The molecule has 0 aliphatic carbocycles. The maximum absolute atomic E-state index is 14.5. The number of halogens is 5. The van der Waals surface area contributed by atoms with Crippen LogP contribution in [-0.2, 0) is 24.1 Å². The molecule has 3 rings (SSSR count). The molecule has 0 aliphatic rings. The molecule has 0 fully saturated rings. The average molecular weight is 462 g/mol. The van der Waals surface area contributed by atoms with Gasteiger partial charge in [-0.3, -0.25) is 4.68 Å². The van der Waals surface area contributed by atoms with Crippen molar-refractivity contribution in [2.24, 2.45) is 0 Å². The molecule has 1 atom stereocenters. The SMILES string of the molecule is CC(C)OCc1c(-c2c(F)cccc2Cl)noc1-c1cnn(C[C@@H](C)O)c1C(F)(F)F. The van der Waals surface area contributed by atoms with Crippen LogP contribution in [0.5, 0.6) is 0 Å². The Balaban J connectivity index is 2.23. The van der Waals surface area contributed by atoms with Crippen LogP contribution >= 0.6 is 11.6 Å². The molecule has 11 heteroatoms. The van der Waals surface area contributed by atoms with E-state index in [-0.39, 0.29) is 46.9 Å². The lowest BCUT2D eigenvalue weighted by molar-refractivity contribution is -0.144. The quantitative estimate of drug-likeness (QED) is 0.482. The smallest absolute Gasteiger partial charge is 0.391 e. The number of hydrogen-bond acceptors (Lipinski definition) is 5. The fraction of sp³-hybridized carbons (Fsp3) is 0.400. The number of rotatable bonds is 7. The Morgan fingerprint density at radius 2 is 1.97 bits per heavy atom. The lowest BCUT2D eigenvalue weighted by atomic mass is 10.0. The van der Waals surface area contributed by atoms with Crippen molar-refractivity contribution in [1.82, 2.24) is 14.9 Å². The minimum Gasteiger partial charge on any atom is -0.391 e. The van der Waals surface area contributed by atoms with E-state index in [1.165, 1.54) is 19.1 Å². The summed E-state index contributed by atoms with van der Waals surface area (Å²) >= 11 is 6.13. The second kappa shape index (κ2) is 8.97. The first kappa shape index (κ1) is 23.2. The third-order valence-electron chi connectivity index (χ3n) is 4.34. The molecule has 0 radical (unpaired) electrons. The Labute approximate surface area is 180 Å². The number of aliphatic hydroxyl groups excluding tert-OH is 1. The fourth-order valence-electron chi connectivity index (χ4n) is 3.06. The van der Waals surface area contributed by atoms with Gasteiger partial charge in [0.2, 0.25) is 0 Å². The molecule has 0 unspecified atom stereocenters. The maximum atomic E-state index is 14.5. The van der Waals surface area contributed by atoms with Crippen LogP contribution in [0.1, 0.15) is 32.0 Å². The van der Waals surface area contributed by atoms with Crippen LogP contribution in [-0.4, -0.2) is 32.3 Å². The molecular weight excluding hydrogens is 442 g/mol. The van der Waals surface area contributed by atoms with Gasteiger partial charge < -0.3 is 14.4 Å². The van der Waals surface area contributed by atoms with E-state index >= 15 is 0 Å². The van der Waals surface area contributed by atoms with Gasteiger partial charge in [0, 0.05) is 0 Å². The Morgan fingerprint density at radius 3 is 2.55 bits per heavy atom.